The number of hydrogen-bond acceptors (Lipinski definition) is 3. The fourth-order valence-corrected chi connectivity index (χ4v) is 5.05. The first-order chi connectivity index (χ1) is 12.1. The standard InChI is InChI=1S/C19H30Cl2N2O3S/c1-18(2,3)13-19(4,5)22-16(24)11-8-12-23(27(6,25)26)17-14(20)9-7-10-15(17)21/h7,9-10H,8,11-13H2,1-6H3,(H,22,24). The maximum atomic E-state index is 12.3. The van der Waals surface area contributed by atoms with Crippen molar-refractivity contribution < 1.29 is 13.2 Å². The Labute approximate surface area is 173 Å². The second-order valence-electron chi connectivity index (χ2n) is 8.68. The highest BCUT2D eigenvalue weighted by Crippen LogP contribution is 2.35. The third-order valence-electron chi connectivity index (χ3n) is 3.80. The third-order valence-corrected chi connectivity index (χ3v) is 5.58. The van der Waals surface area contributed by atoms with E-state index in [4.69, 9.17) is 23.2 Å². The fourth-order valence-electron chi connectivity index (χ4n) is 3.36. The Balaban J connectivity index is 2.78. The second kappa shape index (κ2) is 9.01. The minimum atomic E-state index is -3.59. The molecule has 0 saturated heterocycles. The molecule has 0 unspecified atom stereocenters. The summed E-state index contributed by atoms with van der Waals surface area (Å²) in [5.41, 5.74) is -0.000405. The van der Waals surface area contributed by atoms with E-state index in [9.17, 15) is 13.2 Å². The molecule has 1 aromatic rings. The van der Waals surface area contributed by atoms with Crippen LogP contribution in [-0.4, -0.2) is 32.7 Å². The highest BCUT2D eigenvalue weighted by atomic mass is 35.5. The van der Waals surface area contributed by atoms with Crippen molar-refractivity contribution in [1.82, 2.24) is 5.32 Å². The third kappa shape index (κ3) is 8.28. The lowest BCUT2D eigenvalue weighted by molar-refractivity contribution is -0.123. The summed E-state index contributed by atoms with van der Waals surface area (Å²) in [5, 5.41) is 3.54. The summed E-state index contributed by atoms with van der Waals surface area (Å²) in [6.45, 7) is 10.5. The van der Waals surface area contributed by atoms with Gasteiger partial charge in [0.1, 0.15) is 0 Å². The molecule has 8 heteroatoms. The molecule has 5 nitrogen and oxygen atoms in total. The molecule has 0 fully saturated rings. The molecule has 27 heavy (non-hydrogen) atoms. The average Bonchev–Trinajstić information content (AvgIpc) is 2.40. The zero-order valence-electron chi connectivity index (χ0n) is 16.9. The van der Waals surface area contributed by atoms with Gasteiger partial charge < -0.3 is 5.32 Å². The first kappa shape index (κ1) is 24.1. The Morgan fingerprint density at radius 2 is 1.63 bits per heavy atom. The van der Waals surface area contributed by atoms with E-state index in [1.807, 2.05) is 13.8 Å². The van der Waals surface area contributed by atoms with Crippen LogP contribution >= 0.6 is 23.2 Å². The van der Waals surface area contributed by atoms with Gasteiger partial charge in [0.15, 0.2) is 0 Å². The SMILES string of the molecule is CC(C)(C)CC(C)(C)NC(=O)CCCN(c1c(Cl)cccc1Cl)S(C)(=O)=O. The van der Waals surface area contributed by atoms with Crippen LogP contribution in [0, 0.1) is 5.41 Å². The number of carbonyl (C=O) groups is 1. The molecule has 0 atom stereocenters. The van der Waals surface area contributed by atoms with E-state index in [2.05, 4.69) is 26.1 Å². The highest BCUT2D eigenvalue weighted by Gasteiger charge is 2.27. The molecule has 1 aromatic carbocycles. The number of nitrogens with zero attached hydrogens (tertiary/aromatic N) is 1. The monoisotopic (exact) mass is 436 g/mol. The van der Waals surface area contributed by atoms with Crippen LogP contribution in [0.2, 0.25) is 10.0 Å². The molecule has 0 spiro atoms. The quantitative estimate of drug-likeness (QED) is 0.631. The maximum Gasteiger partial charge on any atom is 0.232 e. The Morgan fingerprint density at radius 1 is 1.11 bits per heavy atom. The van der Waals surface area contributed by atoms with Crippen molar-refractivity contribution in [3.8, 4) is 0 Å². The normalized spacial score (nSPS) is 12.7. The number of para-hydroxylation sites is 1. The van der Waals surface area contributed by atoms with Crippen LogP contribution < -0.4 is 9.62 Å². The van der Waals surface area contributed by atoms with Crippen molar-refractivity contribution in [1.29, 1.82) is 0 Å². The van der Waals surface area contributed by atoms with E-state index in [1.54, 1.807) is 18.2 Å². The summed E-state index contributed by atoms with van der Waals surface area (Å²) >= 11 is 12.3. The number of benzene rings is 1. The lowest BCUT2D eigenvalue weighted by Gasteiger charge is -2.33. The van der Waals surface area contributed by atoms with E-state index in [-0.39, 0.29) is 45.6 Å². The van der Waals surface area contributed by atoms with E-state index in [0.29, 0.717) is 6.42 Å². The van der Waals surface area contributed by atoms with Gasteiger partial charge in [0.2, 0.25) is 15.9 Å². The largest absolute Gasteiger partial charge is 0.351 e. The molecule has 0 aliphatic rings. The number of rotatable bonds is 8. The van der Waals surface area contributed by atoms with Gasteiger partial charge >= 0.3 is 0 Å². The summed E-state index contributed by atoms with van der Waals surface area (Å²) < 4.78 is 25.6. The summed E-state index contributed by atoms with van der Waals surface area (Å²) in [7, 11) is -3.59. The number of halogens is 2. The molecule has 1 N–H and O–H groups in total. The van der Waals surface area contributed by atoms with E-state index in [1.165, 1.54) is 0 Å². The number of nitrogens with one attached hydrogen (secondary N) is 1. The smallest absolute Gasteiger partial charge is 0.232 e. The van der Waals surface area contributed by atoms with Crippen LogP contribution in [0.3, 0.4) is 0 Å². The van der Waals surface area contributed by atoms with Crippen LogP contribution in [0.4, 0.5) is 5.69 Å². The van der Waals surface area contributed by atoms with Crippen LogP contribution in [0.1, 0.15) is 53.9 Å². The zero-order valence-corrected chi connectivity index (χ0v) is 19.2. The molecule has 0 aliphatic heterocycles. The Hall–Kier alpha value is -0.980. The lowest BCUT2D eigenvalue weighted by Crippen LogP contribution is -2.46. The first-order valence-corrected chi connectivity index (χ1v) is 11.5. The number of sulfonamides is 1. The Bertz CT molecular complexity index is 751. The van der Waals surface area contributed by atoms with Gasteiger partial charge in [0.25, 0.3) is 0 Å². The van der Waals surface area contributed by atoms with E-state index in [0.717, 1.165) is 17.0 Å². The first-order valence-electron chi connectivity index (χ1n) is 8.85. The Kier molecular flexibility index (Phi) is 8.03. The highest BCUT2D eigenvalue weighted by molar-refractivity contribution is 7.92. The lowest BCUT2D eigenvalue weighted by atomic mass is 9.82. The van der Waals surface area contributed by atoms with Crippen LogP contribution in [0.15, 0.2) is 18.2 Å². The van der Waals surface area contributed by atoms with Gasteiger partial charge in [-0.3, -0.25) is 9.10 Å². The number of anilines is 1. The van der Waals surface area contributed by atoms with Crippen LogP contribution in [0.5, 0.6) is 0 Å². The summed E-state index contributed by atoms with van der Waals surface area (Å²) in [6, 6.07) is 4.82. The van der Waals surface area contributed by atoms with Gasteiger partial charge in [-0.2, -0.15) is 0 Å². The van der Waals surface area contributed by atoms with Gasteiger partial charge in [-0.1, -0.05) is 50.0 Å². The van der Waals surface area contributed by atoms with E-state index >= 15 is 0 Å². The van der Waals surface area contributed by atoms with Gasteiger partial charge in [-0.15, -0.1) is 0 Å². The zero-order chi connectivity index (χ0) is 21.0. The van der Waals surface area contributed by atoms with Crippen molar-refractivity contribution >= 4 is 44.8 Å². The van der Waals surface area contributed by atoms with Gasteiger partial charge in [0.05, 0.1) is 22.0 Å². The van der Waals surface area contributed by atoms with Crippen molar-refractivity contribution in [3.63, 3.8) is 0 Å². The molecule has 0 radical (unpaired) electrons. The average molecular weight is 437 g/mol. The maximum absolute atomic E-state index is 12.3. The van der Waals surface area contributed by atoms with Crippen molar-refractivity contribution in [2.75, 3.05) is 17.1 Å². The second-order valence-corrected chi connectivity index (χ2v) is 11.4. The summed E-state index contributed by atoms with van der Waals surface area (Å²) in [6.07, 6.45) is 2.49. The molecule has 0 heterocycles. The number of carbonyl (C=O) groups excluding carboxylic acids is 1. The van der Waals surface area contributed by atoms with Crippen molar-refractivity contribution in [2.45, 2.75) is 59.4 Å². The van der Waals surface area contributed by atoms with Gasteiger partial charge in [0, 0.05) is 18.5 Å². The molecule has 1 amide bonds. The van der Waals surface area contributed by atoms with E-state index < -0.39 is 10.0 Å². The molecule has 1 rings (SSSR count). The molecule has 0 aliphatic carbocycles. The van der Waals surface area contributed by atoms with Crippen LogP contribution in [-0.2, 0) is 14.8 Å². The summed E-state index contributed by atoms with van der Waals surface area (Å²) in [4.78, 5) is 12.3. The van der Waals surface area contributed by atoms with Crippen LogP contribution in [0.25, 0.3) is 0 Å². The summed E-state index contributed by atoms with van der Waals surface area (Å²) in [5.74, 6) is -0.108. The topological polar surface area (TPSA) is 66.5 Å². The minimum Gasteiger partial charge on any atom is -0.351 e. The van der Waals surface area contributed by atoms with Gasteiger partial charge in [-0.25, -0.2) is 8.42 Å². The minimum absolute atomic E-state index is 0.0880. The molecule has 0 saturated carbocycles. The predicted octanol–water partition coefficient (Wildman–Crippen LogP) is 4.87. The number of hydrogen-bond donors (Lipinski definition) is 1. The Morgan fingerprint density at radius 3 is 2.07 bits per heavy atom. The van der Waals surface area contributed by atoms with Crippen molar-refractivity contribution in [2.24, 2.45) is 5.41 Å². The molecule has 0 aromatic heterocycles. The van der Waals surface area contributed by atoms with Crippen molar-refractivity contribution in [3.05, 3.63) is 28.2 Å². The molecular weight excluding hydrogens is 407 g/mol. The predicted molar refractivity (Wildman–Crippen MR) is 114 cm³/mol. The number of amides is 1. The van der Waals surface area contributed by atoms with Gasteiger partial charge in [-0.05, 0) is 44.2 Å². The molecular formula is C19H30Cl2N2O3S. The molecule has 0 bridgehead atoms. The fraction of sp³-hybridized carbons (Fsp3) is 0.632. The molecule has 154 valence electrons.